The molecule has 0 atom stereocenters. The van der Waals surface area contributed by atoms with Crippen LogP contribution in [-0.2, 0) is 0 Å². The maximum atomic E-state index is 10.2. The summed E-state index contributed by atoms with van der Waals surface area (Å²) in [6.07, 6.45) is 0. The lowest BCUT2D eigenvalue weighted by atomic mass is 9.85. The van der Waals surface area contributed by atoms with Crippen LogP contribution in [0.25, 0.3) is 43.4 Å². The highest BCUT2D eigenvalue weighted by Gasteiger charge is 2.30. The van der Waals surface area contributed by atoms with E-state index in [9.17, 15) is 10.5 Å². The fourth-order valence-corrected chi connectivity index (χ4v) is 6.30. The number of nitriles is 2. The first-order valence-corrected chi connectivity index (χ1v) is 13.7. The number of benzene rings is 7. The standard InChI is InChI=1S/C38H21N3O/c39-22-26-12-9-13-27(23-40)36(26)37-28-14-3-4-15-29(28)38(31-21-25-11-2-1-10-24(25)20-30(31)37)41-32-16-5-7-18-34(32)42-35-19-8-6-17-33(35)41/h1-21H. The zero-order valence-electron chi connectivity index (χ0n) is 22.4. The van der Waals surface area contributed by atoms with Crippen molar-refractivity contribution < 1.29 is 4.74 Å². The Balaban J connectivity index is 1.62. The molecular weight excluding hydrogens is 514 g/mol. The summed E-state index contributed by atoms with van der Waals surface area (Å²) >= 11 is 0. The van der Waals surface area contributed by atoms with Crippen molar-refractivity contribution in [3.05, 3.63) is 139 Å². The van der Waals surface area contributed by atoms with Gasteiger partial charge in [0, 0.05) is 21.9 Å². The fourth-order valence-electron chi connectivity index (χ4n) is 6.30. The zero-order valence-corrected chi connectivity index (χ0v) is 22.4. The number of hydrogen-bond donors (Lipinski definition) is 0. The molecule has 1 aliphatic rings. The van der Waals surface area contributed by atoms with E-state index in [-0.39, 0.29) is 0 Å². The fraction of sp³-hybridized carbons (Fsp3) is 0. The van der Waals surface area contributed by atoms with Gasteiger partial charge in [-0.3, -0.25) is 0 Å². The van der Waals surface area contributed by atoms with Crippen LogP contribution in [0.15, 0.2) is 127 Å². The second-order valence-corrected chi connectivity index (χ2v) is 10.3. The molecule has 0 bridgehead atoms. The SMILES string of the molecule is N#Cc1cccc(C#N)c1-c1c2ccccc2c(N2c3ccccc3Oc3ccccc32)c2cc3ccccc3cc12. The third-order valence-corrected chi connectivity index (χ3v) is 8.07. The van der Waals surface area contributed by atoms with Crippen LogP contribution in [0.1, 0.15) is 11.1 Å². The van der Waals surface area contributed by atoms with Gasteiger partial charge in [0.15, 0.2) is 11.5 Å². The molecule has 4 nitrogen and oxygen atoms in total. The Hall–Kier alpha value is -6.10. The second kappa shape index (κ2) is 9.24. The Morgan fingerprint density at radius 1 is 0.476 bits per heavy atom. The number of para-hydroxylation sites is 4. The maximum absolute atomic E-state index is 10.2. The predicted molar refractivity (Wildman–Crippen MR) is 169 cm³/mol. The topological polar surface area (TPSA) is 60.0 Å². The number of ether oxygens (including phenoxy) is 1. The van der Waals surface area contributed by atoms with E-state index in [0.717, 1.165) is 66.4 Å². The van der Waals surface area contributed by atoms with Crippen LogP contribution in [0.5, 0.6) is 11.5 Å². The van der Waals surface area contributed by atoms with E-state index < -0.39 is 0 Å². The third kappa shape index (κ3) is 3.40. The van der Waals surface area contributed by atoms with Crippen LogP contribution in [0.3, 0.4) is 0 Å². The van der Waals surface area contributed by atoms with E-state index in [1.54, 1.807) is 18.2 Å². The van der Waals surface area contributed by atoms with Crippen LogP contribution in [-0.4, -0.2) is 0 Å². The Morgan fingerprint density at radius 3 is 1.62 bits per heavy atom. The van der Waals surface area contributed by atoms with E-state index in [0.29, 0.717) is 16.7 Å². The number of rotatable bonds is 2. The largest absolute Gasteiger partial charge is 0.453 e. The van der Waals surface area contributed by atoms with E-state index >= 15 is 0 Å². The van der Waals surface area contributed by atoms with Crippen LogP contribution in [0.2, 0.25) is 0 Å². The van der Waals surface area contributed by atoms with Crippen molar-refractivity contribution >= 4 is 49.4 Å². The molecule has 1 aliphatic heterocycles. The summed E-state index contributed by atoms with van der Waals surface area (Å²) in [5.74, 6) is 1.56. The molecule has 0 aromatic heterocycles. The average molecular weight is 536 g/mol. The summed E-state index contributed by atoms with van der Waals surface area (Å²) in [6.45, 7) is 0. The van der Waals surface area contributed by atoms with E-state index in [4.69, 9.17) is 4.74 Å². The molecule has 7 aromatic carbocycles. The first kappa shape index (κ1) is 23.8. The molecule has 0 fully saturated rings. The Morgan fingerprint density at radius 2 is 1.00 bits per heavy atom. The zero-order chi connectivity index (χ0) is 28.2. The molecule has 0 saturated carbocycles. The van der Waals surface area contributed by atoms with E-state index in [1.807, 2.05) is 60.7 Å². The predicted octanol–water partition coefficient (Wildman–Crippen LogP) is 10.1. The lowest BCUT2D eigenvalue weighted by molar-refractivity contribution is 0.477. The summed E-state index contributed by atoms with van der Waals surface area (Å²) in [4.78, 5) is 2.29. The molecule has 194 valence electrons. The lowest BCUT2D eigenvalue weighted by Gasteiger charge is -2.35. The second-order valence-electron chi connectivity index (χ2n) is 10.3. The van der Waals surface area contributed by atoms with Crippen molar-refractivity contribution in [2.24, 2.45) is 0 Å². The maximum Gasteiger partial charge on any atom is 0.151 e. The molecule has 7 aromatic rings. The summed E-state index contributed by atoms with van der Waals surface area (Å²) < 4.78 is 6.36. The molecular formula is C38H21N3O. The van der Waals surface area contributed by atoms with Crippen molar-refractivity contribution in [2.75, 3.05) is 4.90 Å². The third-order valence-electron chi connectivity index (χ3n) is 8.07. The van der Waals surface area contributed by atoms with Crippen molar-refractivity contribution in [2.45, 2.75) is 0 Å². The first-order valence-electron chi connectivity index (χ1n) is 13.7. The minimum Gasteiger partial charge on any atom is -0.453 e. The molecule has 0 unspecified atom stereocenters. The van der Waals surface area contributed by atoms with E-state index in [1.165, 1.54) is 0 Å². The number of hydrogen-bond acceptors (Lipinski definition) is 4. The van der Waals surface area contributed by atoms with Gasteiger partial charge in [-0.25, -0.2) is 0 Å². The lowest BCUT2D eigenvalue weighted by Crippen LogP contribution is -2.16. The van der Waals surface area contributed by atoms with Gasteiger partial charge in [-0.1, -0.05) is 78.9 Å². The minimum atomic E-state index is 0.475. The van der Waals surface area contributed by atoms with Crippen LogP contribution >= 0.6 is 0 Å². The summed E-state index contributed by atoms with van der Waals surface area (Å²) in [7, 11) is 0. The van der Waals surface area contributed by atoms with Crippen LogP contribution in [0, 0.1) is 22.7 Å². The van der Waals surface area contributed by atoms with Crippen LogP contribution < -0.4 is 9.64 Å². The molecule has 0 aliphatic carbocycles. The van der Waals surface area contributed by atoms with Crippen LogP contribution in [0.4, 0.5) is 17.1 Å². The van der Waals surface area contributed by atoms with Gasteiger partial charge in [0.1, 0.15) is 0 Å². The average Bonchev–Trinajstić information content (AvgIpc) is 3.05. The Kier molecular flexibility index (Phi) is 5.22. The highest BCUT2D eigenvalue weighted by Crippen LogP contribution is 2.55. The van der Waals surface area contributed by atoms with Crippen molar-refractivity contribution in [3.63, 3.8) is 0 Å². The van der Waals surface area contributed by atoms with Gasteiger partial charge in [0.05, 0.1) is 40.3 Å². The normalized spacial score (nSPS) is 11.9. The van der Waals surface area contributed by atoms with Crippen molar-refractivity contribution in [1.29, 1.82) is 10.5 Å². The van der Waals surface area contributed by atoms with Gasteiger partial charge >= 0.3 is 0 Å². The molecule has 0 spiro atoms. The molecule has 1 heterocycles. The molecule has 0 amide bonds. The Labute approximate surface area is 242 Å². The molecule has 8 rings (SSSR count). The van der Waals surface area contributed by atoms with Gasteiger partial charge < -0.3 is 9.64 Å². The molecule has 4 heteroatoms. The first-order chi connectivity index (χ1) is 20.8. The van der Waals surface area contributed by atoms with Gasteiger partial charge in [-0.05, 0) is 70.1 Å². The monoisotopic (exact) mass is 535 g/mol. The molecule has 0 saturated heterocycles. The van der Waals surface area contributed by atoms with Crippen molar-refractivity contribution in [3.8, 4) is 34.8 Å². The summed E-state index contributed by atoms with van der Waals surface area (Å²) in [5, 5.41) is 26.6. The minimum absolute atomic E-state index is 0.475. The highest BCUT2D eigenvalue weighted by atomic mass is 16.5. The van der Waals surface area contributed by atoms with E-state index in [2.05, 4.69) is 65.6 Å². The number of nitrogens with zero attached hydrogens (tertiary/aromatic N) is 3. The quantitative estimate of drug-likeness (QED) is 0.207. The van der Waals surface area contributed by atoms with Gasteiger partial charge in [-0.2, -0.15) is 10.5 Å². The number of anilines is 3. The Bertz CT molecular complexity index is 2250. The summed E-state index contributed by atoms with van der Waals surface area (Å²) in [5.41, 5.74) is 5.41. The highest BCUT2D eigenvalue weighted by molar-refractivity contribution is 6.25. The molecule has 0 N–H and O–H groups in total. The van der Waals surface area contributed by atoms with Gasteiger partial charge in [0.2, 0.25) is 0 Å². The smallest absolute Gasteiger partial charge is 0.151 e. The number of fused-ring (bicyclic) bond motifs is 5. The summed E-state index contributed by atoms with van der Waals surface area (Å²) in [6, 6.07) is 47.3. The van der Waals surface area contributed by atoms with Crippen molar-refractivity contribution in [1.82, 2.24) is 0 Å². The van der Waals surface area contributed by atoms with Gasteiger partial charge in [0.25, 0.3) is 0 Å². The molecule has 42 heavy (non-hydrogen) atoms. The van der Waals surface area contributed by atoms with Gasteiger partial charge in [-0.15, -0.1) is 0 Å². The molecule has 0 radical (unpaired) electrons.